The van der Waals surface area contributed by atoms with E-state index in [1.807, 2.05) is 4.90 Å². The lowest BCUT2D eigenvalue weighted by Crippen LogP contribution is -2.40. The molecule has 1 N–H and O–H groups in total. The number of halogens is 8. The van der Waals surface area contributed by atoms with Crippen LogP contribution in [-0.4, -0.2) is 60.8 Å². The van der Waals surface area contributed by atoms with Crippen LogP contribution in [-0.2, 0) is 44.3 Å². The third kappa shape index (κ3) is 11.9. The van der Waals surface area contributed by atoms with Crippen LogP contribution >= 0.6 is 0 Å². The maximum atomic E-state index is 16.3. The second-order valence-electron chi connectivity index (χ2n) is 14.0. The molecule has 0 bridgehead atoms. The molecule has 0 spiro atoms. The Morgan fingerprint density at radius 2 is 1.62 bits per heavy atom. The highest BCUT2D eigenvalue weighted by molar-refractivity contribution is 5.82. The van der Waals surface area contributed by atoms with Gasteiger partial charge in [-0.15, -0.1) is 13.2 Å². The second kappa shape index (κ2) is 20.2. The van der Waals surface area contributed by atoms with Crippen LogP contribution in [0.1, 0.15) is 84.5 Å². The fraction of sp³-hybridized carbons (Fsp3) is 0.452. The first-order valence-corrected chi connectivity index (χ1v) is 18.9. The Kier molecular flexibility index (Phi) is 16.0. The van der Waals surface area contributed by atoms with Crippen LogP contribution in [0.2, 0.25) is 0 Å². The molecule has 2 heterocycles. The molecule has 2 aromatic carbocycles. The highest BCUT2D eigenvalue weighted by atomic mass is 19.4. The third-order valence-corrected chi connectivity index (χ3v) is 9.85. The molecule has 1 amide bonds. The summed E-state index contributed by atoms with van der Waals surface area (Å²) in [6.07, 6.45) is -5.73. The highest BCUT2D eigenvalue weighted by Gasteiger charge is 2.39. The number of carbonyl (C=O) groups excluding carboxylic acids is 2. The number of nitrogens with one attached hydrogen (secondary N) is 1. The van der Waals surface area contributed by atoms with E-state index in [9.17, 15) is 45.1 Å². The zero-order valence-electron chi connectivity index (χ0n) is 32.3. The summed E-state index contributed by atoms with van der Waals surface area (Å²) in [7, 11) is 0. The van der Waals surface area contributed by atoms with Crippen molar-refractivity contribution >= 4 is 11.9 Å². The van der Waals surface area contributed by atoms with Crippen molar-refractivity contribution in [1.82, 2.24) is 14.8 Å². The number of amides is 1. The van der Waals surface area contributed by atoms with Gasteiger partial charge in [0.15, 0.2) is 0 Å². The lowest BCUT2D eigenvalue weighted by Gasteiger charge is -2.28. The minimum absolute atomic E-state index is 0.166. The summed E-state index contributed by atoms with van der Waals surface area (Å²) in [5.74, 6) is -4.60. The zero-order chi connectivity index (χ0) is 42.8. The monoisotopic (exact) mass is 825 g/mol. The molecule has 16 heteroatoms. The summed E-state index contributed by atoms with van der Waals surface area (Å²) < 4.78 is 128. The molecule has 0 radical (unpaired) electrons. The molecule has 316 valence electrons. The van der Waals surface area contributed by atoms with E-state index in [2.05, 4.69) is 18.5 Å². The van der Waals surface area contributed by atoms with Crippen LogP contribution in [0, 0.1) is 18.6 Å². The average molecular weight is 826 g/mol. The zero-order valence-corrected chi connectivity index (χ0v) is 32.3. The van der Waals surface area contributed by atoms with Crippen LogP contribution in [0.4, 0.5) is 35.1 Å². The van der Waals surface area contributed by atoms with Crippen LogP contribution in [0.15, 0.2) is 66.6 Å². The number of hydrogen-bond donors (Lipinski definition) is 1. The molecule has 3 aromatic rings. The Hall–Kier alpha value is -4.83. The van der Waals surface area contributed by atoms with Crippen LogP contribution in [0.3, 0.4) is 0 Å². The van der Waals surface area contributed by atoms with Gasteiger partial charge in [0.25, 0.3) is 5.56 Å². The minimum atomic E-state index is -5.28. The predicted octanol–water partition coefficient (Wildman–Crippen LogP) is 8.84. The van der Waals surface area contributed by atoms with E-state index in [4.69, 9.17) is 9.47 Å². The fourth-order valence-electron chi connectivity index (χ4n) is 7.08. The number of aryl methyl sites for hydroxylation is 2. The summed E-state index contributed by atoms with van der Waals surface area (Å²) in [5, 5.41) is 2.40. The molecule has 1 saturated heterocycles. The van der Waals surface area contributed by atoms with Gasteiger partial charge in [0.05, 0.1) is 43.4 Å². The normalized spacial score (nSPS) is 14.8. The van der Waals surface area contributed by atoms with Crippen molar-refractivity contribution in [2.24, 2.45) is 0 Å². The standard InChI is InChI=1S/C42H47F8N3O5/c1-5-8-9-10-12-27-20-30(43)19-26(4)38(27)29-21-31(39(44)33(22-29)42(48,49)50)34(24-37(55)58-7-3)51-40(56)35(11-6-2)53-25-28(13-14-52-15-17-57-18-16-52)32(23-36(53)54)41(45,46)47/h5-6,19-23,25,34-35H,1-2,7-18,24H2,3-4H3,(H,51,56)/t34-,35-/m0/s1. The first-order valence-electron chi connectivity index (χ1n) is 18.9. The number of aromatic nitrogens is 1. The Morgan fingerprint density at radius 1 is 0.931 bits per heavy atom. The maximum absolute atomic E-state index is 16.3. The molecule has 1 fully saturated rings. The molecule has 2 atom stereocenters. The smallest absolute Gasteiger partial charge is 0.419 e. The van der Waals surface area contributed by atoms with Gasteiger partial charge in [-0.1, -0.05) is 12.2 Å². The van der Waals surface area contributed by atoms with Crippen molar-refractivity contribution in [2.75, 3.05) is 39.5 Å². The topological polar surface area (TPSA) is 89.9 Å². The first kappa shape index (κ1) is 45.9. The number of hydrogen-bond acceptors (Lipinski definition) is 6. The van der Waals surface area contributed by atoms with Crippen molar-refractivity contribution in [3.05, 3.63) is 117 Å². The van der Waals surface area contributed by atoms with E-state index in [1.165, 1.54) is 26.0 Å². The number of esters is 1. The number of alkyl halides is 6. The SMILES string of the molecule is C=CCCCCc1cc(F)cc(C)c1-c1cc([C@H](CC(=O)OCC)NC(=O)[C@H](CC=C)n2cc(CCN3CCOCC3)c(C(F)(F)F)cc2=O)c(F)c(C(F)(F)F)c1. The number of morpholine rings is 1. The molecular weight excluding hydrogens is 778 g/mol. The first-order chi connectivity index (χ1) is 27.4. The Morgan fingerprint density at radius 3 is 2.24 bits per heavy atom. The minimum Gasteiger partial charge on any atom is -0.466 e. The van der Waals surface area contributed by atoms with Crippen molar-refractivity contribution in [2.45, 2.75) is 83.2 Å². The molecule has 58 heavy (non-hydrogen) atoms. The van der Waals surface area contributed by atoms with Gasteiger partial charge in [-0.3, -0.25) is 19.3 Å². The van der Waals surface area contributed by atoms with Gasteiger partial charge in [-0.2, -0.15) is 26.3 Å². The van der Waals surface area contributed by atoms with E-state index >= 15 is 4.39 Å². The molecule has 8 nitrogen and oxygen atoms in total. The van der Waals surface area contributed by atoms with Gasteiger partial charge in [-0.05, 0) is 104 Å². The van der Waals surface area contributed by atoms with E-state index in [1.54, 1.807) is 6.08 Å². The van der Waals surface area contributed by atoms with Gasteiger partial charge in [0.1, 0.15) is 17.7 Å². The summed E-state index contributed by atoms with van der Waals surface area (Å²) in [4.78, 5) is 42.3. The number of benzene rings is 2. The number of allylic oxidation sites excluding steroid dienone is 2. The third-order valence-electron chi connectivity index (χ3n) is 9.85. The second-order valence-corrected chi connectivity index (χ2v) is 14.0. The fourth-order valence-corrected chi connectivity index (χ4v) is 7.08. The number of pyridine rings is 1. The average Bonchev–Trinajstić information content (AvgIpc) is 3.14. The van der Waals surface area contributed by atoms with Gasteiger partial charge in [0, 0.05) is 37.5 Å². The van der Waals surface area contributed by atoms with E-state index in [0.717, 1.165) is 22.9 Å². The largest absolute Gasteiger partial charge is 0.466 e. The highest BCUT2D eigenvalue weighted by Crippen LogP contribution is 2.41. The molecule has 4 rings (SSSR count). The van der Waals surface area contributed by atoms with Gasteiger partial charge in [-0.25, -0.2) is 8.78 Å². The Bertz CT molecular complexity index is 2000. The quantitative estimate of drug-likeness (QED) is 0.0597. The van der Waals surface area contributed by atoms with Gasteiger partial charge < -0.3 is 19.4 Å². The van der Waals surface area contributed by atoms with Crippen molar-refractivity contribution in [1.29, 1.82) is 0 Å². The summed E-state index contributed by atoms with van der Waals surface area (Å²) in [5.41, 5.74) is -4.60. The van der Waals surface area contributed by atoms with Crippen LogP contribution < -0.4 is 10.9 Å². The Balaban J connectivity index is 1.85. The molecule has 1 aliphatic rings. The van der Waals surface area contributed by atoms with E-state index in [0.29, 0.717) is 63.3 Å². The maximum Gasteiger partial charge on any atom is 0.419 e. The molecule has 1 aliphatic heterocycles. The number of ether oxygens (including phenoxy) is 2. The molecule has 0 saturated carbocycles. The van der Waals surface area contributed by atoms with E-state index < -0.39 is 76.6 Å². The predicted molar refractivity (Wildman–Crippen MR) is 202 cm³/mol. The van der Waals surface area contributed by atoms with Crippen molar-refractivity contribution < 1.29 is 54.2 Å². The van der Waals surface area contributed by atoms with Crippen molar-refractivity contribution in [3.8, 4) is 11.1 Å². The lowest BCUT2D eigenvalue weighted by atomic mass is 9.88. The number of nitrogens with zero attached hydrogens (tertiary/aromatic N) is 2. The van der Waals surface area contributed by atoms with Crippen LogP contribution in [0.25, 0.3) is 11.1 Å². The number of carbonyl (C=O) groups is 2. The summed E-state index contributed by atoms with van der Waals surface area (Å²) in [6.45, 7) is 11.9. The van der Waals surface area contributed by atoms with Gasteiger partial charge >= 0.3 is 18.3 Å². The number of rotatable bonds is 18. The summed E-state index contributed by atoms with van der Waals surface area (Å²) >= 11 is 0. The lowest BCUT2D eigenvalue weighted by molar-refractivity contribution is -0.144. The Labute approximate surface area is 331 Å². The van der Waals surface area contributed by atoms with Crippen molar-refractivity contribution in [3.63, 3.8) is 0 Å². The molecule has 0 unspecified atom stereocenters. The molecular formula is C42H47F8N3O5. The van der Waals surface area contributed by atoms with Crippen LogP contribution in [0.5, 0.6) is 0 Å². The summed E-state index contributed by atoms with van der Waals surface area (Å²) in [6, 6.07) is 0.813. The number of unbranched alkanes of at least 4 members (excludes halogenated alkanes) is 2. The molecule has 0 aliphatic carbocycles. The van der Waals surface area contributed by atoms with Gasteiger partial charge in [0.2, 0.25) is 5.91 Å². The molecule has 1 aromatic heterocycles. The van der Waals surface area contributed by atoms with E-state index in [-0.39, 0.29) is 54.7 Å².